The van der Waals surface area contributed by atoms with Crippen molar-refractivity contribution in [3.05, 3.63) is 48.0 Å². The second kappa shape index (κ2) is 17.3. The van der Waals surface area contributed by atoms with E-state index in [1.165, 1.54) is 6.08 Å². The standard InChI is InChI=1S/C27H37N5O9/c1-2-40-23(35)11-8-19(14-18-12-13-29-24(18)36)30-25(37)20(9-10-22(28)34)31-26(38)21(15-33)32-27(39)41-16-17-6-4-3-5-7-17/h3-8,11,18-21,33H,2,9-10,12-16H2,1H3,(H2,28,34)(H,29,36)(H,30,37)(H,31,38)(H,32,39)/b11-8+/t18-,19+,20-,21-/m0/s1. The topological polar surface area (TPSA) is 215 Å². The minimum Gasteiger partial charge on any atom is -0.463 e. The average molecular weight is 576 g/mol. The van der Waals surface area contributed by atoms with Crippen molar-refractivity contribution in [2.75, 3.05) is 19.8 Å². The molecule has 1 aromatic carbocycles. The lowest BCUT2D eigenvalue weighted by Gasteiger charge is -2.24. The van der Waals surface area contributed by atoms with Crippen molar-refractivity contribution in [1.29, 1.82) is 0 Å². The molecule has 1 aliphatic rings. The largest absolute Gasteiger partial charge is 0.463 e. The van der Waals surface area contributed by atoms with E-state index in [9.17, 15) is 33.9 Å². The van der Waals surface area contributed by atoms with Gasteiger partial charge in [-0.3, -0.25) is 19.2 Å². The molecule has 1 aromatic rings. The molecule has 4 atom stereocenters. The third-order valence-electron chi connectivity index (χ3n) is 6.10. The molecule has 0 aliphatic carbocycles. The van der Waals surface area contributed by atoms with Gasteiger partial charge in [-0.05, 0) is 31.7 Å². The number of hydrogen-bond donors (Lipinski definition) is 6. The Morgan fingerprint density at radius 1 is 1.07 bits per heavy atom. The van der Waals surface area contributed by atoms with Crippen molar-refractivity contribution >= 4 is 35.7 Å². The summed E-state index contributed by atoms with van der Waals surface area (Å²) in [7, 11) is 0. The predicted octanol–water partition coefficient (Wildman–Crippen LogP) is -0.846. The Morgan fingerprint density at radius 3 is 2.39 bits per heavy atom. The number of esters is 1. The van der Waals surface area contributed by atoms with Gasteiger partial charge >= 0.3 is 12.1 Å². The maximum Gasteiger partial charge on any atom is 0.408 e. The molecule has 7 N–H and O–H groups in total. The molecule has 1 aliphatic heterocycles. The molecule has 14 nitrogen and oxygen atoms in total. The van der Waals surface area contributed by atoms with Gasteiger partial charge in [0.25, 0.3) is 0 Å². The third kappa shape index (κ3) is 12.1. The van der Waals surface area contributed by atoms with E-state index in [0.29, 0.717) is 18.5 Å². The molecule has 41 heavy (non-hydrogen) atoms. The number of hydrogen-bond acceptors (Lipinski definition) is 9. The van der Waals surface area contributed by atoms with E-state index in [1.807, 2.05) is 0 Å². The summed E-state index contributed by atoms with van der Waals surface area (Å²) in [5.74, 6) is -3.63. The van der Waals surface area contributed by atoms with Crippen LogP contribution in [0.25, 0.3) is 0 Å². The lowest BCUT2D eigenvalue weighted by atomic mass is 9.97. The number of amides is 5. The van der Waals surface area contributed by atoms with E-state index in [1.54, 1.807) is 37.3 Å². The van der Waals surface area contributed by atoms with Crippen LogP contribution in [-0.2, 0) is 40.1 Å². The number of alkyl carbamates (subject to hydrolysis) is 1. The molecule has 1 saturated heterocycles. The predicted molar refractivity (Wildman–Crippen MR) is 144 cm³/mol. The minimum atomic E-state index is -1.47. The Hall–Kier alpha value is -4.46. The number of primary amides is 1. The van der Waals surface area contributed by atoms with Crippen molar-refractivity contribution < 1.29 is 43.3 Å². The van der Waals surface area contributed by atoms with E-state index in [0.717, 1.165) is 6.08 Å². The van der Waals surface area contributed by atoms with Crippen molar-refractivity contribution in [2.24, 2.45) is 11.7 Å². The highest BCUT2D eigenvalue weighted by Crippen LogP contribution is 2.17. The van der Waals surface area contributed by atoms with Crippen LogP contribution in [0.15, 0.2) is 42.5 Å². The average Bonchev–Trinajstić information content (AvgIpc) is 3.35. The molecule has 0 aromatic heterocycles. The molecule has 0 bridgehead atoms. The number of carbonyl (C=O) groups is 6. The van der Waals surface area contributed by atoms with E-state index in [-0.39, 0.29) is 38.4 Å². The van der Waals surface area contributed by atoms with Gasteiger partial charge in [0.2, 0.25) is 23.6 Å². The van der Waals surface area contributed by atoms with Gasteiger partial charge in [0.1, 0.15) is 18.7 Å². The van der Waals surface area contributed by atoms with Crippen molar-refractivity contribution in [3.8, 4) is 0 Å². The van der Waals surface area contributed by atoms with Crippen LogP contribution < -0.4 is 27.0 Å². The SMILES string of the molecule is CCOC(=O)/C=C/[C@H](C[C@@H]1CCNC1=O)NC(=O)[C@H](CCC(N)=O)NC(=O)[C@H](CO)NC(=O)OCc1ccccc1. The Bertz CT molecular complexity index is 1100. The van der Waals surface area contributed by atoms with Crippen LogP contribution >= 0.6 is 0 Å². The zero-order valence-corrected chi connectivity index (χ0v) is 22.8. The van der Waals surface area contributed by atoms with E-state index < -0.39 is 60.4 Å². The fraction of sp³-hybridized carbons (Fsp3) is 0.481. The monoisotopic (exact) mass is 575 g/mol. The molecule has 1 fully saturated rings. The number of aliphatic hydroxyl groups excluding tert-OH is 1. The van der Waals surface area contributed by atoms with Crippen molar-refractivity contribution in [2.45, 2.75) is 57.3 Å². The maximum atomic E-state index is 13.2. The Balaban J connectivity index is 2.08. The summed E-state index contributed by atoms with van der Waals surface area (Å²) in [5.41, 5.74) is 5.94. The van der Waals surface area contributed by atoms with Crippen LogP contribution in [0.3, 0.4) is 0 Å². The van der Waals surface area contributed by atoms with Crippen molar-refractivity contribution in [1.82, 2.24) is 21.3 Å². The summed E-state index contributed by atoms with van der Waals surface area (Å²) in [6.07, 6.45) is 1.79. The highest BCUT2D eigenvalue weighted by Gasteiger charge is 2.31. The molecule has 224 valence electrons. The first-order valence-electron chi connectivity index (χ1n) is 13.2. The van der Waals surface area contributed by atoms with Gasteiger partial charge in [-0.2, -0.15) is 0 Å². The van der Waals surface area contributed by atoms with Gasteiger partial charge in [-0.1, -0.05) is 36.4 Å². The zero-order valence-electron chi connectivity index (χ0n) is 22.8. The first kappa shape index (κ1) is 32.8. The van der Waals surface area contributed by atoms with Gasteiger partial charge in [0.15, 0.2) is 0 Å². The van der Waals surface area contributed by atoms with Gasteiger partial charge in [0, 0.05) is 31.0 Å². The highest BCUT2D eigenvalue weighted by atomic mass is 16.5. The Kier molecular flexibility index (Phi) is 13.8. The zero-order chi connectivity index (χ0) is 30.2. The summed E-state index contributed by atoms with van der Waals surface area (Å²) in [6.45, 7) is 1.38. The first-order valence-corrected chi connectivity index (χ1v) is 13.2. The second-order valence-electron chi connectivity index (χ2n) is 9.25. The summed E-state index contributed by atoms with van der Waals surface area (Å²) < 4.78 is 9.94. The minimum absolute atomic E-state index is 0.0736. The van der Waals surface area contributed by atoms with E-state index in [2.05, 4.69) is 21.3 Å². The molecule has 0 unspecified atom stereocenters. The number of ether oxygens (including phenoxy) is 2. The quantitative estimate of drug-likeness (QED) is 0.107. The number of rotatable bonds is 16. The van der Waals surface area contributed by atoms with E-state index in [4.69, 9.17) is 15.2 Å². The molecule has 0 saturated carbocycles. The van der Waals surface area contributed by atoms with Crippen LogP contribution in [0.5, 0.6) is 0 Å². The molecule has 0 radical (unpaired) electrons. The van der Waals surface area contributed by atoms with Gasteiger partial charge in [-0.15, -0.1) is 0 Å². The summed E-state index contributed by atoms with van der Waals surface area (Å²) in [6, 6.07) is 5.22. The normalized spacial score (nSPS) is 16.6. The number of aliphatic hydroxyl groups is 1. The van der Waals surface area contributed by atoms with Crippen LogP contribution in [0.4, 0.5) is 4.79 Å². The fourth-order valence-electron chi connectivity index (χ4n) is 3.96. The smallest absolute Gasteiger partial charge is 0.408 e. The van der Waals surface area contributed by atoms with Gasteiger partial charge < -0.3 is 41.6 Å². The summed E-state index contributed by atoms with van der Waals surface area (Å²) in [5, 5.41) is 19.7. The highest BCUT2D eigenvalue weighted by molar-refractivity contribution is 5.92. The first-order chi connectivity index (χ1) is 19.6. The third-order valence-corrected chi connectivity index (χ3v) is 6.10. The Morgan fingerprint density at radius 2 is 1.78 bits per heavy atom. The summed E-state index contributed by atoms with van der Waals surface area (Å²) in [4.78, 5) is 73.6. The number of benzene rings is 1. The van der Waals surface area contributed by atoms with Gasteiger partial charge in [0.05, 0.1) is 13.2 Å². The fourth-order valence-corrected chi connectivity index (χ4v) is 3.96. The molecule has 14 heteroatoms. The Labute approximate surface area is 237 Å². The maximum absolute atomic E-state index is 13.2. The molecule has 0 spiro atoms. The van der Waals surface area contributed by atoms with Crippen LogP contribution in [-0.4, -0.2) is 78.7 Å². The molecule has 2 rings (SSSR count). The molecule has 5 amide bonds. The van der Waals surface area contributed by atoms with Crippen LogP contribution in [0, 0.1) is 5.92 Å². The van der Waals surface area contributed by atoms with Crippen LogP contribution in [0.2, 0.25) is 0 Å². The lowest BCUT2D eigenvalue weighted by molar-refractivity contribution is -0.137. The van der Waals surface area contributed by atoms with Gasteiger partial charge in [-0.25, -0.2) is 9.59 Å². The van der Waals surface area contributed by atoms with E-state index >= 15 is 0 Å². The number of nitrogens with two attached hydrogens (primary N) is 1. The molecule has 1 heterocycles. The number of nitrogens with one attached hydrogen (secondary N) is 4. The second-order valence-corrected chi connectivity index (χ2v) is 9.25. The number of carbonyl (C=O) groups excluding carboxylic acids is 6. The molecular weight excluding hydrogens is 538 g/mol. The van der Waals surface area contributed by atoms with Crippen molar-refractivity contribution in [3.63, 3.8) is 0 Å². The molecular formula is C27H37N5O9. The van der Waals surface area contributed by atoms with Crippen LogP contribution in [0.1, 0.15) is 38.2 Å². The lowest BCUT2D eigenvalue weighted by Crippen LogP contribution is -2.56. The summed E-state index contributed by atoms with van der Waals surface area (Å²) >= 11 is 0.